The second-order valence-corrected chi connectivity index (χ2v) is 8.80. The molecule has 0 aliphatic carbocycles. The fourth-order valence-electron chi connectivity index (χ4n) is 3.18. The van der Waals surface area contributed by atoms with Gasteiger partial charge in [0.1, 0.15) is 0 Å². The van der Waals surface area contributed by atoms with Gasteiger partial charge >= 0.3 is 0 Å². The molecule has 1 aromatic heterocycles. The molecule has 3 aromatic rings. The summed E-state index contributed by atoms with van der Waals surface area (Å²) >= 11 is 7.70. The van der Waals surface area contributed by atoms with Crippen molar-refractivity contribution in [1.29, 1.82) is 0 Å². The summed E-state index contributed by atoms with van der Waals surface area (Å²) in [5, 5.41) is 1.32. The normalized spacial score (nSPS) is 10.8. The lowest BCUT2D eigenvalue weighted by Gasteiger charge is -2.22. The molecule has 1 amide bonds. The van der Waals surface area contributed by atoms with Crippen molar-refractivity contribution in [2.24, 2.45) is 0 Å². The minimum Gasteiger partial charge on any atom is -0.490 e. The molecule has 0 N–H and O–H groups in total. The average Bonchev–Trinajstić information content (AvgIpc) is 3.13. The maximum Gasteiger partial charge on any atom is 0.260 e. The second kappa shape index (κ2) is 11.7. The van der Waals surface area contributed by atoms with Crippen LogP contribution in [-0.2, 0) is 0 Å². The summed E-state index contributed by atoms with van der Waals surface area (Å²) in [7, 11) is 3.96. The number of carbonyl (C=O) groups is 1. The van der Waals surface area contributed by atoms with Gasteiger partial charge in [-0.05, 0) is 70.8 Å². The van der Waals surface area contributed by atoms with Gasteiger partial charge < -0.3 is 14.4 Å². The molecule has 0 bridgehead atoms. The summed E-state index contributed by atoms with van der Waals surface area (Å²) in [5.41, 5.74) is 2.39. The van der Waals surface area contributed by atoms with Crippen LogP contribution in [0, 0.1) is 6.92 Å². The number of hydrogen-bond acceptors (Lipinski definition) is 6. The van der Waals surface area contributed by atoms with Gasteiger partial charge in [0.05, 0.1) is 23.4 Å². The zero-order valence-electron chi connectivity index (χ0n) is 19.0. The van der Waals surface area contributed by atoms with Crippen molar-refractivity contribution in [1.82, 2.24) is 9.88 Å². The molecule has 0 fully saturated rings. The van der Waals surface area contributed by atoms with E-state index in [9.17, 15) is 4.79 Å². The third-order valence-corrected chi connectivity index (χ3v) is 5.92. The standard InChI is InChI=1S/C23H28ClN3O3S.ClH/c1-6-29-18-9-8-16(13-19(18)30-7-2)22(28)27(11-10-26(4)5)23-25-21-15(3)12-17(24)14-20(21)31-23;/h8-9,12-14H,6-7,10-11H2,1-5H3;1H. The maximum atomic E-state index is 13.6. The SMILES string of the molecule is CCOc1ccc(C(=O)N(CCN(C)C)c2nc3c(C)cc(Cl)cc3s2)cc1OCC.Cl. The highest BCUT2D eigenvalue weighted by Crippen LogP contribution is 2.34. The van der Waals surface area contributed by atoms with E-state index in [1.54, 1.807) is 23.1 Å². The molecule has 174 valence electrons. The predicted octanol–water partition coefficient (Wildman–Crippen LogP) is 5.69. The number of anilines is 1. The molecule has 0 saturated carbocycles. The number of fused-ring (bicyclic) bond motifs is 1. The monoisotopic (exact) mass is 497 g/mol. The number of hydrogen-bond donors (Lipinski definition) is 0. The fourth-order valence-corrected chi connectivity index (χ4v) is 4.63. The van der Waals surface area contributed by atoms with E-state index in [1.807, 2.05) is 51.9 Å². The van der Waals surface area contributed by atoms with Crippen molar-refractivity contribution in [2.75, 3.05) is 45.3 Å². The molecule has 2 aromatic carbocycles. The van der Waals surface area contributed by atoms with Crippen molar-refractivity contribution in [3.8, 4) is 11.5 Å². The van der Waals surface area contributed by atoms with E-state index in [4.69, 9.17) is 26.1 Å². The first-order valence-corrected chi connectivity index (χ1v) is 11.5. The molecule has 0 aliphatic rings. The number of aryl methyl sites for hydroxylation is 1. The Bertz CT molecular complexity index is 1070. The van der Waals surface area contributed by atoms with Crippen molar-refractivity contribution in [3.63, 3.8) is 0 Å². The fraction of sp³-hybridized carbons (Fsp3) is 0.391. The first-order chi connectivity index (χ1) is 14.8. The number of rotatable bonds is 9. The molecule has 9 heteroatoms. The van der Waals surface area contributed by atoms with Gasteiger partial charge in [-0.2, -0.15) is 0 Å². The van der Waals surface area contributed by atoms with E-state index >= 15 is 0 Å². The van der Waals surface area contributed by atoms with E-state index in [1.165, 1.54) is 11.3 Å². The van der Waals surface area contributed by atoms with Crippen LogP contribution in [-0.4, -0.2) is 56.2 Å². The van der Waals surface area contributed by atoms with E-state index in [0.29, 0.717) is 53.5 Å². The topological polar surface area (TPSA) is 54.9 Å². The number of aromatic nitrogens is 1. The smallest absolute Gasteiger partial charge is 0.260 e. The summed E-state index contributed by atoms with van der Waals surface area (Å²) in [6, 6.07) is 9.08. The Kier molecular flexibility index (Phi) is 9.58. The summed E-state index contributed by atoms with van der Waals surface area (Å²) < 4.78 is 12.3. The van der Waals surface area contributed by atoms with Gasteiger partial charge in [0.15, 0.2) is 16.6 Å². The van der Waals surface area contributed by atoms with Crippen LogP contribution in [0.5, 0.6) is 11.5 Å². The molecular formula is C23H29Cl2N3O3S. The maximum absolute atomic E-state index is 13.6. The van der Waals surface area contributed by atoms with Crippen molar-refractivity contribution in [3.05, 3.63) is 46.5 Å². The Morgan fingerprint density at radius 1 is 1.06 bits per heavy atom. The average molecular weight is 498 g/mol. The van der Waals surface area contributed by atoms with Gasteiger partial charge in [0, 0.05) is 23.7 Å². The van der Waals surface area contributed by atoms with E-state index in [2.05, 4.69) is 0 Å². The molecule has 1 heterocycles. The zero-order valence-corrected chi connectivity index (χ0v) is 21.4. The van der Waals surface area contributed by atoms with Crippen LogP contribution in [0.25, 0.3) is 10.2 Å². The van der Waals surface area contributed by atoms with Crippen LogP contribution in [0.4, 0.5) is 5.13 Å². The highest BCUT2D eigenvalue weighted by atomic mass is 35.5. The lowest BCUT2D eigenvalue weighted by molar-refractivity contribution is 0.0984. The molecule has 0 atom stereocenters. The number of ether oxygens (including phenoxy) is 2. The summed E-state index contributed by atoms with van der Waals surface area (Å²) in [5.74, 6) is 1.06. The summed E-state index contributed by atoms with van der Waals surface area (Å²) in [6.07, 6.45) is 0. The van der Waals surface area contributed by atoms with Gasteiger partial charge in [-0.15, -0.1) is 12.4 Å². The lowest BCUT2D eigenvalue weighted by Crippen LogP contribution is -2.36. The van der Waals surface area contributed by atoms with Crippen molar-refractivity contribution in [2.45, 2.75) is 20.8 Å². The molecule has 32 heavy (non-hydrogen) atoms. The molecule has 3 rings (SSSR count). The van der Waals surface area contributed by atoms with Crippen LogP contribution in [0.15, 0.2) is 30.3 Å². The quantitative estimate of drug-likeness (QED) is 0.380. The van der Waals surface area contributed by atoms with Crippen molar-refractivity contribution < 1.29 is 14.3 Å². The Hall–Kier alpha value is -2.06. The van der Waals surface area contributed by atoms with Crippen LogP contribution < -0.4 is 14.4 Å². The Morgan fingerprint density at radius 3 is 2.41 bits per heavy atom. The number of nitrogens with zero attached hydrogens (tertiary/aromatic N) is 3. The highest BCUT2D eigenvalue weighted by molar-refractivity contribution is 7.22. The van der Waals surface area contributed by atoms with Gasteiger partial charge in [0.2, 0.25) is 0 Å². The molecule has 0 aliphatic heterocycles. The number of thiazole rings is 1. The number of amides is 1. The predicted molar refractivity (Wildman–Crippen MR) is 136 cm³/mol. The molecule has 0 spiro atoms. The van der Waals surface area contributed by atoms with Crippen LogP contribution in [0.2, 0.25) is 5.02 Å². The Balaban J connectivity index is 0.00000363. The van der Waals surface area contributed by atoms with E-state index in [-0.39, 0.29) is 18.3 Å². The van der Waals surface area contributed by atoms with E-state index in [0.717, 1.165) is 15.8 Å². The van der Waals surface area contributed by atoms with Gasteiger partial charge in [-0.3, -0.25) is 9.69 Å². The number of carbonyl (C=O) groups excluding carboxylic acids is 1. The summed E-state index contributed by atoms with van der Waals surface area (Å²) in [6.45, 7) is 8.02. The van der Waals surface area contributed by atoms with Gasteiger partial charge in [-0.1, -0.05) is 22.9 Å². The molecular weight excluding hydrogens is 469 g/mol. The lowest BCUT2D eigenvalue weighted by atomic mass is 10.1. The number of likely N-dealkylation sites (N-methyl/N-ethyl adjacent to an activating group) is 1. The minimum atomic E-state index is -0.131. The summed E-state index contributed by atoms with van der Waals surface area (Å²) in [4.78, 5) is 22.1. The largest absolute Gasteiger partial charge is 0.490 e. The van der Waals surface area contributed by atoms with Crippen LogP contribution in [0.3, 0.4) is 0 Å². The van der Waals surface area contributed by atoms with Crippen LogP contribution >= 0.6 is 35.3 Å². The van der Waals surface area contributed by atoms with Gasteiger partial charge in [0.25, 0.3) is 5.91 Å². The first kappa shape index (κ1) is 26.2. The zero-order chi connectivity index (χ0) is 22.5. The third-order valence-electron chi connectivity index (χ3n) is 4.68. The van der Waals surface area contributed by atoms with Crippen molar-refractivity contribution >= 4 is 56.6 Å². The highest BCUT2D eigenvalue weighted by Gasteiger charge is 2.23. The third kappa shape index (κ3) is 6.04. The Labute approximate surface area is 204 Å². The first-order valence-electron chi connectivity index (χ1n) is 10.3. The number of halogens is 2. The second-order valence-electron chi connectivity index (χ2n) is 7.35. The molecule has 0 saturated heterocycles. The van der Waals surface area contributed by atoms with Crippen LogP contribution in [0.1, 0.15) is 29.8 Å². The Morgan fingerprint density at radius 2 is 1.75 bits per heavy atom. The van der Waals surface area contributed by atoms with Gasteiger partial charge in [-0.25, -0.2) is 4.98 Å². The van der Waals surface area contributed by atoms with E-state index < -0.39 is 0 Å². The molecule has 6 nitrogen and oxygen atoms in total. The number of benzene rings is 2. The minimum absolute atomic E-state index is 0. The molecule has 0 radical (unpaired) electrons. The molecule has 0 unspecified atom stereocenters.